The lowest BCUT2D eigenvalue weighted by atomic mass is 10.0. The molecule has 0 saturated carbocycles. The number of carbonyl (C=O) groups is 1. The second kappa shape index (κ2) is 14.5. The van der Waals surface area contributed by atoms with Crippen LogP contribution in [0.2, 0.25) is 0 Å². The maximum atomic E-state index is 11.8. The fourth-order valence-corrected chi connectivity index (χ4v) is 3.33. The van der Waals surface area contributed by atoms with Crippen molar-refractivity contribution in [1.29, 1.82) is 0 Å². The van der Waals surface area contributed by atoms with E-state index in [9.17, 15) is 9.90 Å². The molecule has 0 radical (unpaired) electrons. The lowest BCUT2D eigenvalue weighted by Gasteiger charge is -2.39. The van der Waals surface area contributed by atoms with Crippen molar-refractivity contribution in [3.63, 3.8) is 0 Å². The third-order valence-corrected chi connectivity index (χ3v) is 4.86. The zero-order valence-electron chi connectivity index (χ0n) is 16.9. The molecule has 0 saturated heterocycles. The molecule has 0 spiro atoms. The first-order chi connectivity index (χ1) is 11.8. The summed E-state index contributed by atoms with van der Waals surface area (Å²) in [5, 5.41) is 9.67. The summed E-state index contributed by atoms with van der Waals surface area (Å²) in [6.45, 7) is 6.77. The van der Waals surface area contributed by atoms with Crippen molar-refractivity contribution in [3.05, 3.63) is 0 Å². The number of carboxylic acid groups (broad SMARTS) is 1. The van der Waals surface area contributed by atoms with Crippen LogP contribution >= 0.6 is 0 Å². The van der Waals surface area contributed by atoms with Crippen molar-refractivity contribution in [3.8, 4) is 0 Å². The molecule has 1 unspecified atom stereocenters. The Morgan fingerprint density at radius 3 is 1.76 bits per heavy atom. The molecule has 5 heteroatoms. The molecule has 0 amide bonds. The Kier molecular flexibility index (Phi) is 14.1. The molecule has 0 aromatic rings. The van der Waals surface area contributed by atoms with Crippen LogP contribution in [0.3, 0.4) is 0 Å². The van der Waals surface area contributed by atoms with Crippen LogP contribution in [0.25, 0.3) is 0 Å². The molecule has 25 heavy (non-hydrogen) atoms. The minimum atomic E-state index is -1.09. The Balaban J connectivity index is 4.41. The first-order valence-corrected chi connectivity index (χ1v) is 10.4. The van der Waals surface area contributed by atoms with Gasteiger partial charge < -0.3 is 16.6 Å². The van der Waals surface area contributed by atoms with Crippen LogP contribution in [-0.2, 0) is 4.79 Å². The number of aliphatic carboxylic acids is 1. The van der Waals surface area contributed by atoms with Crippen molar-refractivity contribution in [1.82, 2.24) is 4.90 Å². The third kappa shape index (κ3) is 12.4. The van der Waals surface area contributed by atoms with Gasteiger partial charge in [0.05, 0.1) is 0 Å². The Labute approximate surface area is 155 Å². The summed E-state index contributed by atoms with van der Waals surface area (Å²) in [7, 11) is 0. The van der Waals surface area contributed by atoms with Crippen LogP contribution in [0.15, 0.2) is 0 Å². The average molecular weight is 358 g/mol. The van der Waals surface area contributed by atoms with Gasteiger partial charge in [-0.3, -0.25) is 9.69 Å². The number of nitrogens with zero attached hydrogens (tertiary/aromatic N) is 1. The summed E-state index contributed by atoms with van der Waals surface area (Å²) in [6, 6.07) is -0.582. The number of hydrogen-bond acceptors (Lipinski definition) is 4. The van der Waals surface area contributed by atoms with Gasteiger partial charge in [0.1, 0.15) is 11.8 Å². The second-order valence-corrected chi connectivity index (χ2v) is 7.60. The Morgan fingerprint density at radius 2 is 1.32 bits per heavy atom. The number of unbranched alkanes of at least 4 members (excludes halogenated alkanes) is 10. The molecule has 150 valence electrons. The van der Waals surface area contributed by atoms with Crippen LogP contribution in [0.5, 0.6) is 0 Å². The van der Waals surface area contributed by atoms with E-state index in [1.54, 1.807) is 11.8 Å². The fourth-order valence-electron chi connectivity index (χ4n) is 3.33. The first kappa shape index (κ1) is 24.4. The Morgan fingerprint density at radius 1 is 0.880 bits per heavy atom. The number of hydrogen-bond donors (Lipinski definition) is 3. The quantitative estimate of drug-likeness (QED) is 0.264. The molecule has 0 aromatic carbocycles. The van der Waals surface area contributed by atoms with Gasteiger partial charge in [0.15, 0.2) is 0 Å². The van der Waals surface area contributed by atoms with Gasteiger partial charge in [-0.1, -0.05) is 84.5 Å². The number of carboxylic acids is 1. The summed E-state index contributed by atoms with van der Waals surface area (Å²) < 4.78 is 0. The van der Waals surface area contributed by atoms with Gasteiger partial charge in [-0.25, -0.2) is 0 Å². The molecule has 0 aliphatic carbocycles. The molecule has 0 rings (SSSR count). The molecule has 0 fully saturated rings. The molecule has 0 aliphatic heterocycles. The predicted octanol–water partition coefficient (Wildman–Crippen LogP) is 4.44. The lowest BCUT2D eigenvalue weighted by Crippen LogP contribution is -2.65. The van der Waals surface area contributed by atoms with Gasteiger partial charge in [0, 0.05) is 6.54 Å². The van der Waals surface area contributed by atoms with Gasteiger partial charge in [-0.15, -0.1) is 0 Å². The second-order valence-electron chi connectivity index (χ2n) is 7.60. The van der Waals surface area contributed by atoms with Crippen molar-refractivity contribution >= 4 is 5.97 Å². The number of nitrogens with two attached hydrogens (primary N) is 2. The topological polar surface area (TPSA) is 92.6 Å². The zero-order chi connectivity index (χ0) is 19.1. The van der Waals surface area contributed by atoms with Crippen LogP contribution in [0, 0.1) is 0 Å². The van der Waals surface area contributed by atoms with E-state index in [1.807, 2.05) is 0 Å². The minimum absolute atomic E-state index is 0.582. The zero-order valence-corrected chi connectivity index (χ0v) is 16.9. The summed E-state index contributed by atoms with van der Waals surface area (Å²) in [5.74, 6) is -1.89. The SMILES string of the molecule is CCCCCCCCC(C(=O)O)N(CCCCCCCC)C(C)(N)N. The van der Waals surface area contributed by atoms with E-state index in [0.29, 0.717) is 13.0 Å². The maximum absolute atomic E-state index is 11.8. The normalized spacial score (nSPS) is 13.4. The van der Waals surface area contributed by atoms with E-state index in [-0.39, 0.29) is 0 Å². The Bertz CT molecular complexity index is 329. The summed E-state index contributed by atoms with van der Waals surface area (Å²) in [4.78, 5) is 13.6. The highest BCUT2D eigenvalue weighted by atomic mass is 16.4. The molecular formula is C20H43N3O2. The summed E-state index contributed by atoms with van der Waals surface area (Å²) >= 11 is 0. The highest BCUT2D eigenvalue weighted by molar-refractivity contribution is 5.73. The van der Waals surface area contributed by atoms with Crippen LogP contribution in [0.1, 0.15) is 104 Å². The highest BCUT2D eigenvalue weighted by Crippen LogP contribution is 2.18. The molecular weight excluding hydrogens is 314 g/mol. The van der Waals surface area contributed by atoms with Gasteiger partial charge in [-0.2, -0.15) is 0 Å². The van der Waals surface area contributed by atoms with Crippen molar-refractivity contribution in [2.75, 3.05) is 6.54 Å². The van der Waals surface area contributed by atoms with Crippen LogP contribution in [0.4, 0.5) is 0 Å². The predicted molar refractivity (Wildman–Crippen MR) is 106 cm³/mol. The van der Waals surface area contributed by atoms with E-state index < -0.39 is 17.8 Å². The first-order valence-electron chi connectivity index (χ1n) is 10.4. The Hall–Kier alpha value is -0.650. The van der Waals surface area contributed by atoms with E-state index in [2.05, 4.69) is 13.8 Å². The average Bonchev–Trinajstić information content (AvgIpc) is 2.53. The van der Waals surface area contributed by atoms with Gasteiger partial charge >= 0.3 is 5.97 Å². The highest BCUT2D eigenvalue weighted by Gasteiger charge is 2.33. The maximum Gasteiger partial charge on any atom is 0.321 e. The van der Waals surface area contributed by atoms with E-state index in [4.69, 9.17) is 11.5 Å². The van der Waals surface area contributed by atoms with Gasteiger partial charge in [-0.05, 0) is 19.8 Å². The smallest absolute Gasteiger partial charge is 0.321 e. The molecule has 5 N–H and O–H groups in total. The molecule has 0 heterocycles. The molecule has 1 atom stereocenters. The molecule has 0 aliphatic rings. The number of rotatable bonds is 17. The minimum Gasteiger partial charge on any atom is -0.480 e. The fraction of sp³-hybridized carbons (Fsp3) is 0.950. The van der Waals surface area contributed by atoms with E-state index in [1.165, 1.54) is 51.4 Å². The van der Waals surface area contributed by atoms with Crippen LogP contribution < -0.4 is 11.5 Å². The molecule has 5 nitrogen and oxygen atoms in total. The third-order valence-electron chi connectivity index (χ3n) is 4.86. The monoisotopic (exact) mass is 357 g/mol. The van der Waals surface area contributed by atoms with Crippen molar-refractivity contribution in [2.45, 2.75) is 116 Å². The largest absolute Gasteiger partial charge is 0.480 e. The van der Waals surface area contributed by atoms with Gasteiger partial charge in [0.2, 0.25) is 0 Å². The van der Waals surface area contributed by atoms with E-state index >= 15 is 0 Å². The molecule has 0 bridgehead atoms. The molecule has 0 aromatic heterocycles. The van der Waals surface area contributed by atoms with Gasteiger partial charge in [0.25, 0.3) is 0 Å². The van der Waals surface area contributed by atoms with Crippen LogP contribution in [-0.4, -0.2) is 34.3 Å². The summed E-state index contributed by atoms with van der Waals surface area (Å²) in [5.41, 5.74) is 12.2. The van der Waals surface area contributed by atoms with E-state index in [0.717, 1.165) is 25.7 Å². The lowest BCUT2D eigenvalue weighted by molar-refractivity contribution is -0.146. The van der Waals surface area contributed by atoms with Crippen molar-refractivity contribution < 1.29 is 9.90 Å². The standard InChI is InChI=1S/C20H43N3O2/c1-4-6-8-10-12-14-16-18(19(24)25)23(20(3,21)22)17-15-13-11-9-7-5-2/h18H,4-17,21-22H2,1-3H3,(H,24,25). The summed E-state index contributed by atoms with van der Waals surface area (Å²) in [6.07, 6.45) is 14.5. The van der Waals surface area contributed by atoms with Crippen molar-refractivity contribution in [2.24, 2.45) is 11.5 Å².